The number of amides is 2. The van der Waals surface area contributed by atoms with Crippen LogP contribution in [0.5, 0.6) is 0 Å². The zero-order chi connectivity index (χ0) is 24.6. The highest BCUT2D eigenvalue weighted by molar-refractivity contribution is 6.42. The van der Waals surface area contributed by atoms with Crippen LogP contribution in [0.25, 0.3) is 0 Å². The molecule has 0 radical (unpaired) electrons. The number of aryl methyl sites for hydroxylation is 1. The molecule has 6 nitrogen and oxygen atoms in total. The summed E-state index contributed by atoms with van der Waals surface area (Å²) in [7, 11) is 0. The highest BCUT2D eigenvalue weighted by Gasteiger charge is 2.74. The van der Waals surface area contributed by atoms with E-state index < -0.39 is 46.9 Å². The van der Waals surface area contributed by atoms with E-state index >= 15 is 0 Å². The number of carbonyl (C=O) groups is 4. The van der Waals surface area contributed by atoms with Gasteiger partial charge in [0.25, 0.3) is 0 Å². The second-order valence-electron chi connectivity index (χ2n) is 9.00. The minimum absolute atomic E-state index is 0.170. The number of ketones is 2. The molecule has 2 fully saturated rings. The van der Waals surface area contributed by atoms with Crippen LogP contribution in [0.4, 0.5) is 5.69 Å². The van der Waals surface area contributed by atoms with Gasteiger partial charge in [0.1, 0.15) is 0 Å². The number of fused-ring (bicyclic) bond motifs is 3. The van der Waals surface area contributed by atoms with Crippen LogP contribution in [0.1, 0.15) is 37.9 Å². The lowest BCUT2D eigenvalue weighted by Gasteiger charge is -2.27. The molecular formula is C27H17Cl2NO5. The maximum atomic E-state index is 13.9. The summed E-state index contributed by atoms with van der Waals surface area (Å²) >= 11 is 12.2. The predicted octanol–water partition coefficient (Wildman–Crippen LogP) is 5.00. The van der Waals surface area contributed by atoms with Crippen LogP contribution in [-0.2, 0) is 14.3 Å². The maximum absolute atomic E-state index is 13.9. The van der Waals surface area contributed by atoms with E-state index in [0.29, 0.717) is 5.56 Å². The first-order valence-electron chi connectivity index (χ1n) is 11.0. The van der Waals surface area contributed by atoms with Gasteiger partial charge in [0, 0.05) is 11.1 Å². The Balaban J connectivity index is 1.54. The van der Waals surface area contributed by atoms with Gasteiger partial charge in [-0.3, -0.25) is 19.2 Å². The summed E-state index contributed by atoms with van der Waals surface area (Å²) in [6, 6.07) is 18.1. The lowest BCUT2D eigenvalue weighted by molar-refractivity contribution is -0.127. The maximum Gasteiger partial charge on any atom is 0.241 e. The number of halogens is 2. The number of carbonyl (C=O) groups excluding carboxylic acids is 4. The molecular weight excluding hydrogens is 489 g/mol. The molecule has 6 rings (SSSR count). The van der Waals surface area contributed by atoms with Crippen molar-refractivity contribution in [1.29, 1.82) is 0 Å². The molecule has 1 aliphatic carbocycles. The topological polar surface area (TPSA) is 80.8 Å². The third kappa shape index (κ3) is 2.88. The number of hydrogen-bond donors (Lipinski definition) is 0. The number of hydrogen-bond acceptors (Lipinski definition) is 5. The number of imide groups is 1. The number of ether oxygens (including phenoxy) is 1. The smallest absolute Gasteiger partial charge is 0.241 e. The Hall–Kier alpha value is -3.32. The minimum atomic E-state index is -2.11. The molecule has 3 atom stereocenters. The summed E-state index contributed by atoms with van der Waals surface area (Å²) < 4.78 is 6.26. The Kier molecular flexibility index (Phi) is 4.81. The molecule has 2 saturated heterocycles. The van der Waals surface area contributed by atoms with Gasteiger partial charge in [0.15, 0.2) is 0 Å². The molecule has 2 aliphatic heterocycles. The molecule has 0 aromatic heterocycles. The van der Waals surface area contributed by atoms with Crippen molar-refractivity contribution < 1.29 is 23.9 Å². The molecule has 8 heteroatoms. The van der Waals surface area contributed by atoms with Gasteiger partial charge in [-0.1, -0.05) is 77.3 Å². The first-order valence-corrected chi connectivity index (χ1v) is 11.8. The van der Waals surface area contributed by atoms with Crippen LogP contribution in [0.15, 0.2) is 66.7 Å². The van der Waals surface area contributed by atoms with E-state index in [9.17, 15) is 19.2 Å². The molecule has 174 valence electrons. The first kappa shape index (κ1) is 22.2. The van der Waals surface area contributed by atoms with E-state index in [1.54, 1.807) is 36.4 Å². The van der Waals surface area contributed by atoms with E-state index in [-0.39, 0.29) is 26.9 Å². The number of nitrogens with zero attached hydrogens (tertiary/aromatic N) is 1. The molecule has 3 aromatic carbocycles. The van der Waals surface area contributed by atoms with Crippen molar-refractivity contribution in [2.75, 3.05) is 4.90 Å². The van der Waals surface area contributed by atoms with Gasteiger partial charge >= 0.3 is 0 Å². The van der Waals surface area contributed by atoms with Crippen LogP contribution < -0.4 is 4.90 Å². The zero-order valence-corrected chi connectivity index (χ0v) is 19.8. The fourth-order valence-electron chi connectivity index (χ4n) is 5.45. The Labute approximate surface area is 210 Å². The van der Waals surface area contributed by atoms with Crippen LogP contribution in [0.2, 0.25) is 10.0 Å². The lowest BCUT2D eigenvalue weighted by Crippen LogP contribution is -2.51. The van der Waals surface area contributed by atoms with Crippen molar-refractivity contribution in [1.82, 2.24) is 0 Å². The van der Waals surface area contributed by atoms with E-state index in [0.717, 1.165) is 10.5 Å². The van der Waals surface area contributed by atoms with Crippen molar-refractivity contribution in [3.8, 4) is 0 Å². The highest BCUT2D eigenvalue weighted by atomic mass is 35.5. The van der Waals surface area contributed by atoms with E-state index in [1.807, 2.05) is 19.1 Å². The number of benzene rings is 3. The third-order valence-electron chi connectivity index (χ3n) is 7.09. The van der Waals surface area contributed by atoms with Crippen LogP contribution in [-0.4, -0.2) is 29.0 Å². The Morgan fingerprint density at radius 1 is 0.800 bits per heavy atom. The summed E-state index contributed by atoms with van der Waals surface area (Å²) in [4.78, 5) is 56.1. The number of Topliss-reactive ketones (excluding diaryl/α,β-unsaturated/α-hetero) is 2. The summed E-state index contributed by atoms with van der Waals surface area (Å²) in [5, 5.41) is 0.437. The third-order valence-corrected chi connectivity index (χ3v) is 7.83. The van der Waals surface area contributed by atoms with Gasteiger partial charge in [-0.05, 0) is 30.7 Å². The fraction of sp³-hybridized carbons (Fsp3) is 0.185. The minimum Gasteiger partial charge on any atom is -0.349 e. The second-order valence-corrected chi connectivity index (χ2v) is 9.82. The van der Waals surface area contributed by atoms with Crippen molar-refractivity contribution >= 4 is 52.3 Å². The molecule has 0 saturated carbocycles. The Bertz CT molecular complexity index is 1430. The van der Waals surface area contributed by atoms with Crippen LogP contribution >= 0.6 is 23.2 Å². The summed E-state index contributed by atoms with van der Waals surface area (Å²) in [5.74, 6) is -4.82. The van der Waals surface area contributed by atoms with Gasteiger partial charge in [0.2, 0.25) is 29.0 Å². The molecule has 3 aliphatic rings. The van der Waals surface area contributed by atoms with Gasteiger partial charge in [-0.25, -0.2) is 4.90 Å². The van der Waals surface area contributed by atoms with Gasteiger partial charge in [-0.2, -0.15) is 0 Å². The van der Waals surface area contributed by atoms with Crippen molar-refractivity contribution in [2.45, 2.75) is 18.6 Å². The zero-order valence-electron chi connectivity index (χ0n) is 18.3. The van der Waals surface area contributed by atoms with Crippen molar-refractivity contribution in [2.24, 2.45) is 11.8 Å². The predicted molar refractivity (Wildman–Crippen MR) is 129 cm³/mol. The SMILES string of the molecule is Cc1ccc([C@@H]2OC3(C(=O)c4ccccc4C3=O)[C@H]3C(=O)N(c4ccc(Cl)c(Cl)c4)C(=O)[C@@H]23)cc1. The van der Waals surface area contributed by atoms with E-state index in [1.165, 1.54) is 18.2 Å². The number of anilines is 1. The van der Waals surface area contributed by atoms with Gasteiger partial charge < -0.3 is 4.74 Å². The highest BCUT2D eigenvalue weighted by Crippen LogP contribution is 2.57. The first-order chi connectivity index (χ1) is 16.8. The van der Waals surface area contributed by atoms with Gasteiger partial charge in [-0.15, -0.1) is 0 Å². The second kappa shape index (κ2) is 7.59. The normalized spacial score (nSPS) is 24.4. The summed E-state index contributed by atoms with van der Waals surface area (Å²) in [6.07, 6.45) is -0.966. The molecule has 0 N–H and O–H groups in total. The average Bonchev–Trinajstić information content (AvgIpc) is 3.41. The van der Waals surface area contributed by atoms with Gasteiger partial charge in [0.05, 0.1) is 33.7 Å². The summed E-state index contributed by atoms with van der Waals surface area (Å²) in [6.45, 7) is 1.92. The lowest BCUT2D eigenvalue weighted by atomic mass is 9.77. The quantitative estimate of drug-likeness (QED) is 0.361. The molecule has 1 spiro atoms. The average molecular weight is 506 g/mol. The van der Waals surface area contributed by atoms with Crippen LogP contribution in [0.3, 0.4) is 0 Å². The molecule has 0 unspecified atom stereocenters. The van der Waals surface area contributed by atoms with Crippen molar-refractivity contribution in [3.63, 3.8) is 0 Å². The standard InChI is InChI=1S/C27H17Cl2NO5/c1-13-6-8-14(9-7-13)22-20-21(26(34)30(25(20)33)15-10-11-18(28)19(29)12-15)27(35-22)23(31)16-4-2-3-5-17(16)24(27)32/h2-12,20-22H,1H3/t20-,21-,22+/m1/s1. The largest absolute Gasteiger partial charge is 0.349 e. The molecule has 0 bridgehead atoms. The summed E-state index contributed by atoms with van der Waals surface area (Å²) in [5.41, 5.74) is 0.0858. The van der Waals surface area contributed by atoms with Crippen molar-refractivity contribution in [3.05, 3.63) is 99.0 Å². The Morgan fingerprint density at radius 3 is 2.03 bits per heavy atom. The molecule has 35 heavy (non-hydrogen) atoms. The van der Waals surface area contributed by atoms with Crippen LogP contribution in [0, 0.1) is 18.8 Å². The van der Waals surface area contributed by atoms with E-state index in [2.05, 4.69) is 0 Å². The van der Waals surface area contributed by atoms with E-state index in [4.69, 9.17) is 27.9 Å². The number of rotatable bonds is 2. The molecule has 2 amide bonds. The fourth-order valence-corrected chi connectivity index (χ4v) is 5.75. The molecule has 2 heterocycles. The molecule has 3 aromatic rings. The monoisotopic (exact) mass is 505 g/mol. The Morgan fingerprint density at radius 2 is 1.43 bits per heavy atom.